The SMILES string of the molecule is CCCNC(=O)[C@H](C)N(Cc1ccc(Br)cc1)C(=O)CN(c1ccc2c(c1)OCO2)S(=O)(=O)CC. The number of halogens is 1. The lowest BCUT2D eigenvalue weighted by Gasteiger charge is -2.32. The lowest BCUT2D eigenvalue weighted by atomic mass is 10.1. The molecule has 1 atom stereocenters. The maximum absolute atomic E-state index is 13.6. The van der Waals surface area contributed by atoms with Crippen molar-refractivity contribution in [3.8, 4) is 11.5 Å². The minimum absolute atomic E-state index is 0.0452. The molecule has 0 bridgehead atoms. The zero-order chi connectivity index (χ0) is 25.6. The van der Waals surface area contributed by atoms with Crippen LogP contribution in [0.4, 0.5) is 5.69 Å². The highest BCUT2D eigenvalue weighted by Gasteiger charge is 2.31. The van der Waals surface area contributed by atoms with Gasteiger partial charge in [0.25, 0.3) is 0 Å². The molecule has 11 heteroatoms. The van der Waals surface area contributed by atoms with Crippen LogP contribution in [-0.2, 0) is 26.2 Å². The van der Waals surface area contributed by atoms with E-state index in [4.69, 9.17) is 9.47 Å². The van der Waals surface area contributed by atoms with Crippen LogP contribution in [0.1, 0.15) is 32.8 Å². The van der Waals surface area contributed by atoms with Gasteiger partial charge in [-0.15, -0.1) is 0 Å². The van der Waals surface area contributed by atoms with Crippen LogP contribution in [0, 0.1) is 0 Å². The molecule has 9 nitrogen and oxygen atoms in total. The molecule has 0 unspecified atom stereocenters. The maximum atomic E-state index is 13.6. The zero-order valence-corrected chi connectivity index (χ0v) is 22.4. The third-order valence-corrected chi connectivity index (χ3v) is 7.88. The number of carbonyl (C=O) groups excluding carboxylic acids is 2. The van der Waals surface area contributed by atoms with Crippen LogP contribution in [0.15, 0.2) is 46.9 Å². The number of nitrogens with zero attached hydrogens (tertiary/aromatic N) is 2. The Kier molecular flexibility index (Phi) is 9.01. The Hall–Kier alpha value is -2.79. The van der Waals surface area contributed by atoms with E-state index in [1.807, 2.05) is 31.2 Å². The summed E-state index contributed by atoms with van der Waals surface area (Å²) in [5, 5.41) is 2.81. The van der Waals surface area contributed by atoms with Gasteiger partial charge in [0.2, 0.25) is 28.6 Å². The maximum Gasteiger partial charge on any atom is 0.244 e. The van der Waals surface area contributed by atoms with Gasteiger partial charge in [-0.1, -0.05) is 35.0 Å². The number of ether oxygens (including phenoxy) is 2. The molecule has 0 aliphatic carbocycles. The van der Waals surface area contributed by atoms with E-state index in [1.54, 1.807) is 25.1 Å². The number of anilines is 1. The van der Waals surface area contributed by atoms with Crippen LogP contribution in [0.2, 0.25) is 0 Å². The second-order valence-corrected chi connectivity index (χ2v) is 11.2. The number of hydrogen-bond acceptors (Lipinski definition) is 6. The van der Waals surface area contributed by atoms with Crippen molar-refractivity contribution < 1.29 is 27.5 Å². The molecule has 35 heavy (non-hydrogen) atoms. The normalized spacial score (nSPS) is 13.3. The molecule has 0 fully saturated rings. The van der Waals surface area contributed by atoms with E-state index in [2.05, 4.69) is 21.2 Å². The Morgan fingerprint density at radius 3 is 2.43 bits per heavy atom. The van der Waals surface area contributed by atoms with Crippen LogP contribution in [-0.4, -0.2) is 56.8 Å². The number of carbonyl (C=O) groups is 2. The number of amides is 2. The van der Waals surface area contributed by atoms with Gasteiger partial charge in [-0.25, -0.2) is 8.42 Å². The van der Waals surface area contributed by atoms with Crippen LogP contribution in [0.5, 0.6) is 11.5 Å². The van der Waals surface area contributed by atoms with Crippen molar-refractivity contribution in [3.63, 3.8) is 0 Å². The lowest BCUT2D eigenvalue weighted by Crippen LogP contribution is -2.51. The van der Waals surface area contributed by atoms with Gasteiger partial charge in [0.05, 0.1) is 11.4 Å². The van der Waals surface area contributed by atoms with Crippen molar-refractivity contribution in [1.29, 1.82) is 0 Å². The second-order valence-electron chi connectivity index (χ2n) is 8.06. The summed E-state index contributed by atoms with van der Waals surface area (Å²) in [6.45, 7) is 5.31. The fourth-order valence-electron chi connectivity index (χ4n) is 3.53. The molecule has 3 rings (SSSR count). The first kappa shape index (κ1) is 26.8. The minimum atomic E-state index is -3.82. The minimum Gasteiger partial charge on any atom is -0.454 e. The average molecular weight is 568 g/mol. The topological polar surface area (TPSA) is 105 Å². The predicted molar refractivity (Wildman–Crippen MR) is 137 cm³/mol. The Morgan fingerprint density at radius 2 is 1.77 bits per heavy atom. The first-order valence-electron chi connectivity index (χ1n) is 11.4. The van der Waals surface area contributed by atoms with E-state index in [0.29, 0.717) is 18.0 Å². The number of nitrogens with one attached hydrogen (secondary N) is 1. The van der Waals surface area contributed by atoms with Crippen molar-refractivity contribution in [1.82, 2.24) is 10.2 Å². The molecule has 1 aliphatic heterocycles. The molecule has 0 saturated carbocycles. The van der Waals surface area contributed by atoms with Crippen LogP contribution in [0.25, 0.3) is 0 Å². The molecule has 1 aliphatic rings. The zero-order valence-electron chi connectivity index (χ0n) is 20.0. The van der Waals surface area contributed by atoms with Gasteiger partial charge >= 0.3 is 0 Å². The molecule has 0 spiro atoms. The Bertz CT molecular complexity index is 1160. The summed E-state index contributed by atoms with van der Waals surface area (Å²) in [5.74, 6) is -0.0853. The number of hydrogen-bond donors (Lipinski definition) is 1. The Balaban J connectivity index is 1.92. The van der Waals surface area contributed by atoms with E-state index in [0.717, 1.165) is 20.8 Å². The van der Waals surface area contributed by atoms with Crippen molar-refractivity contribution in [3.05, 3.63) is 52.5 Å². The molecular formula is C24H30BrN3O6S. The van der Waals surface area contributed by atoms with E-state index < -0.39 is 28.5 Å². The average Bonchev–Trinajstić information content (AvgIpc) is 3.32. The summed E-state index contributed by atoms with van der Waals surface area (Å²) in [6.07, 6.45) is 0.756. The largest absolute Gasteiger partial charge is 0.454 e. The predicted octanol–water partition coefficient (Wildman–Crippen LogP) is 3.28. The van der Waals surface area contributed by atoms with Gasteiger partial charge < -0.3 is 19.7 Å². The van der Waals surface area contributed by atoms with Crippen molar-refractivity contribution >= 4 is 43.5 Å². The van der Waals surface area contributed by atoms with Crippen LogP contribution >= 0.6 is 15.9 Å². The molecule has 0 aromatic heterocycles. The fourth-order valence-corrected chi connectivity index (χ4v) is 4.84. The third kappa shape index (κ3) is 6.66. The van der Waals surface area contributed by atoms with E-state index in [-0.39, 0.29) is 30.7 Å². The van der Waals surface area contributed by atoms with Crippen LogP contribution in [0.3, 0.4) is 0 Å². The Labute approximate surface area is 214 Å². The molecule has 1 N–H and O–H groups in total. The highest BCUT2D eigenvalue weighted by molar-refractivity contribution is 9.10. The quantitative estimate of drug-likeness (QED) is 0.446. The van der Waals surface area contributed by atoms with E-state index in [1.165, 1.54) is 11.8 Å². The van der Waals surface area contributed by atoms with Crippen molar-refractivity contribution in [2.24, 2.45) is 0 Å². The second kappa shape index (κ2) is 11.8. The van der Waals surface area contributed by atoms with Gasteiger partial charge in [0.1, 0.15) is 12.6 Å². The number of rotatable bonds is 11. The number of sulfonamides is 1. The first-order chi connectivity index (χ1) is 16.7. The summed E-state index contributed by atoms with van der Waals surface area (Å²) < 4.78 is 38.6. The molecule has 0 saturated heterocycles. The standard InChI is InChI=1S/C24H30BrN3O6S/c1-4-12-26-24(30)17(3)27(14-18-6-8-19(25)9-7-18)23(29)15-28(35(31,32)5-2)20-10-11-21-22(13-20)34-16-33-21/h6-11,13,17H,4-5,12,14-16H2,1-3H3,(H,26,30)/t17-/m0/s1. The summed E-state index contributed by atoms with van der Waals surface area (Å²) >= 11 is 3.39. The number of benzene rings is 2. The first-order valence-corrected chi connectivity index (χ1v) is 13.8. The molecule has 2 aromatic carbocycles. The van der Waals surface area contributed by atoms with Gasteiger partial charge in [-0.3, -0.25) is 13.9 Å². The van der Waals surface area contributed by atoms with E-state index >= 15 is 0 Å². The molecule has 0 radical (unpaired) electrons. The van der Waals surface area contributed by atoms with Crippen molar-refractivity contribution in [2.75, 3.05) is 29.9 Å². The highest BCUT2D eigenvalue weighted by atomic mass is 79.9. The molecule has 2 aromatic rings. The van der Waals surface area contributed by atoms with Crippen LogP contribution < -0.4 is 19.1 Å². The fraction of sp³-hybridized carbons (Fsp3) is 0.417. The highest BCUT2D eigenvalue weighted by Crippen LogP contribution is 2.36. The molecule has 2 amide bonds. The lowest BCUT2D eigenvalue weighted by molar-refractivity contribution is -0.139. The molecule has 190 valence electrons. The number of fused-ring (bicyclic) bond motifs is 1. The van der Waals surface area contributed by atoms with Crippen molar-refractivity contribution in [2.45, 2.75) is 39.8 Å². The molecular weight excluding hydrogens is 538 g/mol. The third-order valence-electron chi connectivity index (χ3n) is 5.61. The summed E-state index contributed by atoms with van der Waals surface area (Å²) in [5.41, 5.74) is 1.10. The van der Waals surface area contributed by atoms with E-state index in [9.17, 15) is 18.0 Å². The monoisotopic (exact) mass is 567 g/mol. The van der Waals surface area contributed by atoms with Gasteiger partial charge in [0, 0.05) is 23.6 Å². The molecule has 1 heterocycles. The summed E-state index contributed by atoms with van der Waals surface area (Å²) in [6, 6.07) is 11.3. The summed E-state index contributed by atoms with van der Waals surface area (Å²) in [4.78, 5) is 27.7. The summed E-state index contributed by atoms with van der Waals surface area (Å²) in [7, 11) is -3.82. The Morgan fingerprint density at radius 1 is 1.09 bits per heavy atom. The van der Waals surface area contributed by atoms with Gasteiger partial charge in [0.15, 0.2) is 11.5 Å². The van der Waals surface area contributed by atoms with Gasteiger partial charge in [-0.05, 0) is 50.1 Å². The smallest absolute Gasteiger partial charge is 0.244 e. The van der Waals surface area contributed by atoms with Gasteiger partial charge in [-0.2, -0.15) is 0 Å².